The Morgan fingerprint density at radius 1 is 0.818 bits per heavy atom. The molecule has 0 unspecified atom stereocenters. The van der Waals surface area contributed by atoms with Gasteiger partial charge in [-0.05, 0) is 38.5 Å². The van der Waals surface area contributed by atoms with E-state index in [1.807, 2.05) is 0 Å². The van der Waals surface area contributed by atoms with Crippen molar-refractivity contribution in [3.05, 3.63) is 24.3 Å². The fourth-order valence-corrected chi connectivity index (χ4v) is 2.26. The summed E-state index contributed by atoms with van der Waals surface area (Å²) < 4.78 is 4.69. The highest BCUT2D eigenvalue weighted by atomic mass is 16.5. The molecule has 0 rings (SSSR count). The van der Waals surface area contributed by atoms with Crippen LogP contribution in [-0.4, -0.2) is 12.7 Å². The van der Waals surface area contributed by atoms with Crippen molar-refractivity contribution >= 4 is 6.09 Å². The van der Waals surface area contributed by atoms with Crippen molar-refractivity contribution in [3.63, 3.8) is 0 Å². The van der Waals surface area contributed by atoms with Gasteiger partial charge in [-0.25, -0.2) is 4.79 Å². The number of rotatable bonds is 15. The molecule has 0 fully saturated rings. The van der Waals surface area contributed by atoms with E-state index >= 15 is 0 Å². The molecule has 2 N–H and O–H groups in total. The molecule has 0 aromatic heterocycles. The van der Waals surface area contributed by atoms with E-state index in [2.05, 4.69) is 36.0 Å². The van der Waals surface area contributed by atoms with Crippen LogP contribution in [0.25, 0.3) is 0 Å². The molecule has 0 atom stereocenters. The molecule has 0 bridgehead atoms. The van der Waals surface area contributed by atoms with Crippen molar-refractivity contribution in [1.29, 1.82) is 0 Å². The van der Waals surface area contributed by atoms with E-state index < -0.39 is 6.09 Å². The fourth-order valence-electron chi connectivity index (χ4n) is 2.26. The summed E-state index contributed by atoms with van der Waals surface area (Å²) in [5.74, 6) is 0. The molecule has 3 nitrogen and oxygen atoms in total. The summed E-state index contributed by atoms with van der Waals surface area (Å²) in [6, 6.07) is 0. The lowest BCUT2D eigenvalue weighted by Gasteiger charge is -2.01. The highest BCUT2D eigenvalue weighted by Crippen LogP contribution is 2.08. The van der Waals surface area contributed by atoms with E-state index in [9.17, 15) is 4.79 Å². The third-order valence-corrected chi connectivity index (χ3v) is 3.59. The molecular weight excluding hydrogens is 274 g/mol. The lowest BCUT2D eigenvalue weighted by molar-refractivity contribution is 0.154. The number of allylic oxidation sites excluding steroid dienone is 4. The van der Waals surface area contributed by atoms with Gasteiger partial charge in [-0.2, -0.15) is 0 Å². The van der Waals surface area contributed by atoms with Crippen molar-refractivity contribution in [3.8, 4) is 0 Å². The molecule has 0 aliphatic heterocycles. The summed E-state index contributed by atoms with van der Waals surface area (Å²) in [5.41, 5.74) is 4.89. The number of nitrogens with two attached hydrogens (primary N) is 1. The summed E-state index contributed by atoms with van der Waals surface area (Å²) in [6.07, 6.45) is 23.0. The minimum atomic E-state index is -0.664. The summed E-state index contributed by atoms with van der Waals surface area (Å²) in [6.45, 7) is 2.70. The molecule has 1 amide bonds. The molecule has 0 aromatic carbocycles. The first-order valence-corrected chi connectivity index (χ1v) is 8.99. The SMILES string of the molecule is CCCCCC=CCC=CCCCCCCCCOC(N)=O. The van der Waals surface area contributed by atoms with Gasteiger partial charge in [0, 0.05) is 0 Å². The Kier molecular flexibility index (Phi) is 16.8. The van der Waals surface area contributed by atoms with Gasteiger partial charge in [0.15, 0.2) is 0 Å². The van der Waals surface area contributed by atoms with Crippen LogP contribution < -0.4 is 5.73 Å². The molecule has 0 radical (unpaired) electrons. The first-order chi connectivity index (χ1) is 10.8. The van der Waals surface area contributed by atoms with Gasteiger partial charge in [-0.3, -0.25) is 0 Å². The summed E-state index contributed by atoms with van der Waals surface area (Å²) in [4.78, 5) is 10.3. The maximum absolute atomic E-state index is 10.3. The fraction of sp³-hybridized carbons (Fsp3) is 0.737. The minimum absolute atomic E-state index is 0.462. The molecule has 0 heterocycles. The predicted molar refractivity (Wildman–Crippen MR) is 94.9 cm³/mol. The van der Waals surface area contributed by atoms with Crippen LogP contribution in [0.3, 0.4) is 0 Å². The average Bonchev–Trinajstić information content (AvgIpc) is 2.50. The van der Waals surface area contributed by atoms with E-state index in [0.717, 1.165) is 19.3 Å². The van der Waals surface area contributed by atoms with Gasteiger partial charge < -0.3 is 10.5 Å². The number of carbonyl (C=O) groups is 1. The zero-order chi connectivity index (χ0) is 16.3. The van der Waals surface area contributed by atoms with Crippen LogP contribution in [0.4, 0.5) is 4.79 Å². The van der Waals surface area contributed by atoms with E-state index in [4.69, 9.17) is 5.73 Å². The Bertz CT molecular complexity index is 298. The van der Waals surface area contributed by atoms with Crippen LogP contribution >= 0.6 is 0 Å². The molecule has 0 aliphatic rings. The van der Waals surface area contributed by atoms with Crippen molar-refractivity contribution in [1.82, 2.24) is 0 Å². The van der Waals surface area contributed by atoms with Gasteiger partial charge in [0.05, 0.1) is 6.61 Å². The third kappa shape index (κ3) is 18.8. The second kappa shape index (κ2) is 17.8. The van der Waals surface area contributed by atoms with Gasteiger partial charge in [0.2, 0.25) is 0 Å². The van der Waals surface area contributed by atoms with E-state index in [-0.39, 0.29) is 0 Å². The number of carbonyl (C=O) groups excluding carboxylic acids is 1. The first-order valence-electron chi connectivity index (χ1n) is 8.99. The topological polar surface area (TPSA) is 52.3 Å². The van der Waals surface area contributed by atoms with Crippen LogP contribution in [0.15, 0.2) is 24.3 Å². The minimum Gasteiger partial charge on any atom is -0.450 e. The number of amides is 1. The molecule has 0 spiro atoms. The zero-order valence-corrected chi connectivity index (χ0v) is 14.4. The van der Waals surface area contributed by atoms with Crippen molar-refractivity contribution in [2.75, 3.05) is 6.61 Å². The van der Waals surface area contributed by atoms with E-state index in [1.54, 1.807) is 0 Å². The second-order valence-electron chi connectivity index (χ2n) is 5.75. The predicted octanol–water partition coefficient (Wildman–Crippen LogP) is 5.90. The molecule has 0 saturated carbocycles. The van der Waals surface area contributed by atoms with Crippen LogP contribution in [0, 0.1) is 0 Å². The Morgan fingerprint density at radius 2 is 1.36 bits per heavy atom. The largest absolute Gasteiger partial charge is 0.450 e. The number of hydrogen-bond donors (Lipinski definition) is 1. The smallest absolute Gasteiger partial charge is 0.404 e. The maximum Gasteiger partial charge on any atom is 0.404 e. The van der Waals surface area contributed by atoms with Crippen LogP contribution in [0.5, 0.6) is 0 Å². The molecule has 0 aromatic rings. The number of primary amides is 1. The van der Waals surface area contributed by atoms with Crippen LogP contribution in [0.1, 0.15) is 84.0 Å². The Labute approximate surface area is 137 Å². The number of unbranched alkanes of at least 4 members (excludes halogenated alkanes) is 9. The normalized spacial score (nSPS) is 11.5. The lowest BCUT2D eigenvalue weighted by Crippen LogP contribution is -2.13. The lowest BCUT2D eigenvalue weighted by atomic mass is 10.1. The van der Waals surface area contributed by atoms with Crippen LogP contribution in [-0.2, 0) is 4.74 Å². The molecular formula is C19H35NO2. The zero-order valence-electron chi connectivity index (χ0n) is 14.4. The highest BCUT2D eigenvalue weighted by Gasteiger charge is 1.94. The second-order valence-corrected chi connectivity index (χ2v) is 5.75. The van der Waals surface area contributed by atoms with Gasteiger partial charge in [-0.15, -0.1) is 0 Å². The average molecular weight is 309 g/mol. The summed E-state index contributed by atoms with van der Waals surface area (Å²) >= 11 is 0. The Balaban J connectivity index is 3.15. The molecule has 128 valence electrons. The van der Waals surface area contributed by atoms with E-state index in [1.165, 1.54) is 57.8 Å². The van der Waals surface area contributed by atoms with Crippen LogP contribution in [0.2, 0.25) is 0 Å². The van der Waals surface area contributed by atoms with Gasteiger partial charge >= 0.3 is 6.09 Å². The molecule has 0 aliphatic carbocycles. The number of ether oxygens (including phenoxy) is 1. The molecule has 0 saturated heterocycles. The monoisotopic (exact) mass is 309 g/mol. The standard InChI is InChI=1S/C19H35NO2/c1-2-3-4-5-6-7-8-9-10-11-12-13-14-15-16-17-18-22-19(20)21/h6-7,9-10H,2-5,8,11-18H2,1H3,(H2,20,21). The maximum atomic E-state index is 10.3. The van der Waals surface area contributed by atoms with Crippen molar-refractivity contribution in [2.24, 2.45) is 5.73 Å². The van der Waals surface area contributed by atoms with Gasteiger partial charge in [-0.1, -0.05) is 69.8 Å². The van der Waals surface area contributed by atoms with E-state index in [0.29, 0.717) is 6.61 Å². The Morgan fingerprint density at radius 3 is 1.95 bits per heavy atom. The summed E-state index contributed by atoms with van der Waals surface area (Å²) in [7, 11) is 0. The molecule has 22 heavy (non-hydrogen) atoms. The highest BCUT2D eigenvalue weighted by molar-refractivity contribution is 5.64. The van der Waals surface area contributed by atoms with Crippen molar-refractivity contribution in [2.45, 2.75) is 84.0 Å². The third-order valence-electron chi connectivity index (χ3n) is 3.59. The van der Waals surface area contributed by atoms with Gasteiger partial charge in [0.25, 0.3) is 0 Å². The number of hydrogen-bond acceptors (Lipinski definition) is 2. The Hall–Kier alpha value is -1.25. The quantitative estimate of drug-likeness (QED) is 0.302. The summed E-state index contributed by atoms with van der Waals surface area (Å²) in [5, 5.41) is 0. The molecule has 3 heteroatoms. The van der Waals surface area contributed by atoms with Gasteiger partial charge in [0.1, 0.15) is 0 Å². The first kappa shape index (κ1) is 20.8. The van der Waals surface area contributed by atoms with Crippen molar-refractivity contribution < 1.29 is 9.53 Å².